The molecule has 0 aliphatic carbocycles. The van der Waals surface area contributed by atoms with Crippen molar-refractivity contribution in [3.63, 3.8) is 0 Å². The molecule has 14 heteroatoms. The Kier molecular flexibility index (Phi) is 8.35. The number of carbonyl (C=O) groups excluding carboxylic acids is 3. The zero-order valence-corrected chi connectivity index (χ0v) is 20.7. The van der Waals surface area contributed by atoms with Gasteiger partial charge in [-0.05, 0) is 20.8 Å². The van der Waals surface area contributed by atoms with Gasteiger partial charge in [0.2, 0.25) is 5.88 Å². The molecule has 1 aromatic carbocycles. The Bertz CT molecular complexity index is 1080. The molecule has 0 bridgehead atoms. The Balaban J connectivity index is 2.66. The van der Waals surface area contributed by atoms with E-state index in [0.717, 1.165) is 17.3 Å². The van der Waals surface area contributed by atoms with Crippen LogP contribution in [0.15, 0.2) is 18.5 Å². The summed E-state index contributed by atoms with van der Waals surface area (Å²) >= 11 is 12.9. The third kappa shape index (κ3) is 6.08. The SMILES string of the molecule is COc1cc(OC)c(Cl)c(N(C(=O)OC(C)(C)C)C(=O)N(C)c2cc(OC(N)=O)ncn2)c1Cl. The smallest absolute Gasteiger partial charge is 0.423 e. The van der Waals surface area contributed by atoms with Crippen LogP contribution < -0.4 is 29.7 Å². The van der Waals surface area contributed by atoms with Crippen molar-refractivity contribution < 1.29 is 33.3 Å². The Morgan fingerprint density at radius 3 is 2.03 bits per heavy atom. The van der Waals surface area contributed by atoms with Gasteiger partial charge in [-0.1, -0.05) is 23.2 Å². The minimum absolute atomic E-state index is 0.0492. The van der Waals surface area contributed by atoms with E-state index in [0.29, 0.717) is 4.90 Å². The number of hydrogen-bond donors (Lipinski definition) is 1. The molecule has 0 atom stereocenters. The highest BCUT2D eigenvalue weighted by Gasteiger charge is 2.37. The van der Waals surface area contributed by atoms with Crippen molar-refractivity contribution in [1.82, 2.24) is 9.97 Å². The molecule has 0 unspecified atom stereocenters. The predicted molar refractivity (Wildman–Crippen MR) is 124 cm³/mol. The molecule has 0 saturated carbocycles. The van der Waals surface area contributed by atoms with Crippen LogP contribution in [0.3, 0.4) is 0 Å². The maximum atomic E-state index is 13.6. The van der Waals surface area contributed by atoms with E-state index in [1.165, 1.54) is 27.3 Å². The van der Waals surface area contributed by atoms with Gasteiger partial charge in [0.05, 0.1) is 14.2 Å². The van der Waals surface area contributed by atoms with Gasteiger partial charge in [-0.15, -0.1) is 0 Å². The maximum absolute atomic E-state index is 13.6. The van der Waals surface area contributed by atoms with Gasteiger partial charge in [0, 0.05) is 19.2 Å². The summed E-state index contributed by atoms with van der Waals surface area (Å²) in [6.45, 7) is 4.85. The summed E-state index contributed by atoms with van der Waals surface area (Å²) in [6.07, 6.45) is -1.17. The number of aromatic nitrogens is 2. The molecule has 2 aromatic rings. The molecule has 1 heterocycles. The number of rotatable bonds is 5. The van der Waals surface area contributed by atoms with Gasteiger partial charge in [0.25, 0.3) is 0 Å². The van der Waals surface area contributed by atoms with E-state index in [2.05, 4.69) is 9.97 Å². The van der Waals surface area contributed by atoms with Crippen LogP contribution in [0, 0.1) is 0 Å². The largest absolute Gasteiger partial charge is 0.495 e. The number of urea groups is 1. The minimum Gasteiger partial charge on any atom is -0.495 e. The molecule has 1 aromatic heterocycles. The van der Waals surface area contributed by atoms with Gasteiger partial charge < -0.3 is 24.7 Å². The number of primary amides is 1. The van der Waals surface area contributed by atoms with Crippen molar-refractivity contribution in [3.8, 4) is 17.4 Å². The number of methoxy groups -OCH3 is 2. The number of amides is 4. The first-order valence-corrected chi connectivity index (χ1v) is 10.3. The Hall–Kier alpha value is -3.51. The molecule has 0 spiro atoms. The molecule has 0 aliphatic rings. The van der Waals surface area contributed by atoms with Crippen molar-refractivity contribution in [1.29, 1.82) is 0 Å². The first-order valence-electron chi connectivity index (χ1n) is 9.50. The maximum Gasteiger partial charge on any atom is 0.423 e. The Labute approximate surface area is 205 Å². The summed E-state index contributed by atoms with van der Waals surface area (Å²) in [5, 5.41) is -0.303. The van der Waals surface area contributed by atoms with Gasteiger partial charge in [-0.2, -0.15) is 4.90 Å². The highest BCUT2D eigenvalue weighted by molar-refractivity contribution is 6.43. The van der Waals surface area contributed by atoms with Crippen molar-refractivity contribution in [3.05, 3.63) is 28.5 Å². The molecule has 34 heavy (non-hydrogen) atoms. The van der Waals surface area contributed by atoms with Crippen LogP contribution in [0.2, 0.25) is 10.0 Å². The average Bonchev–Trinajstić information content (AvgIpc) is 2.74. The van der Waals surface area contributed by atoms with Crippen LogP contribution in [0.4, 0.5) is 25.9 Å². The fourth-order valence-electron chi connectivity index (χ4n) is 2.56. The standard InChI is InChI=1S/C20H23Cl2N5O7/c1-20(2,3)34-19(30)27(16-14(21)10(31-5)7-11(32-6)15(16)22)18(29)26(4)12-8-13(25-9-24-12)33-17(23)28/h7-9H,1-6H3,(H2,23,28). The van der Waals surface area contributed by atoms with E-state index in [1.54, 1.807) is 20.8 Å². The molecule has 0 aliphatic heterocycles. The van der Waals surface area contributed by atoms with Crippen molar-refractivity contribution in [2.75, 3.05) is 31.1 Å². The lowest BCUT2D eigenvalue weighted by Gasteiger charge is -2.30. The summed E-state index contributed by atoms with van der Waals surface area (Å²) in [5.74, 6) is -0.103. The number of nitrogens with two attached hydrogens (primary N) is 1. The molecular weight excluding hydrogens is 493 g/mol. The zero-order chi connectivity index (χ0) is 25.8. The lowest BCUT2D eigenvalue weighted by Crippen LogP contribution is -2.47. The fourth-order valence-corrected chi connectivity index (χ4v) is 3.23. The Morgan fingerprint density at radius 2 is 1.56 bits per heavy atom. The van der Waals surface area contributed by atoms with Crippen molar-refractivity contribution >= 4 is 52.9 Å². The zero-order valence-electron chi connectivity index (χ0n) is 19.2. The summed E-state index contributed by atoms with van der Waals surface area (Å²) < 4.78 is 20.6. The summed E-state index contributed by atoms with van der Waals surface area (Å²) in [4.78, 5) is 47.0. The highest BCUT2D eigenvalue weighted by Crippen LogP contribution is 2.46. The van der Waals surface area contributed by atoms with Gasteiger partial charge in [0.15, 0.2) is 0 Å². The molecule has 2 rings (SSSR count). The second-order valence-corrected chi connectivity index (χ2v) is 8.31. The van der Waals surface area contributed by atoms with Gasteiger partial charge in [-0.25, -0.2) is 24.4 Å². The van der Waals surface area contributed by atoms with Gasteiger partial charge >= 0.3 is 18.2 Å². The number of benzene rings is 1. The third-order valence-corrected chi connectivity index (χ3v) is 4.74. The van der Waals surface area contributed by atoms with Crippen LogP contribution in [0.5, 0.6) is 17.4 Å². The quantitative estimate of drug-likeness (QED) is 0.616. The number of hydrogen-bond acceptors (Lipinski definition) is 9. The monoisotopic (exact) mass is 515 g/mol. The van der Waals surface area contributed by atoms with Crippen molar-refractivity contribution in [2.45, 2.75) is 26.4 Å². The number of nitrogens with zero attached hydrogens (tertiary/aromatic N) is 4. The third-order valence-electron chi connectivity index (χ3n) is 4.00. The normalized spacial score (nSPS) is 10.8. The van der Waals surface area contributed by atoms with E-state index in [-0.39, 0.29) is 38.9 Å². The van der Waals surface area contributed by atoms with Crippen LogP contribution in [-0.4, -0.2) is 55.1 Å². The first kappa shape index (κ1) is 26.7. The summed E-state index contributed by atoms with van der Waals surface area (Å²) in [6, 6.07) is 1.58. The lowest BCUT2D eigenvalue weighted by molar-refractivity contribution is 0.0594. The van der Waals surface area contributed by atoms with E-state index < -0.39 is 23.8 Å². The fraction of sp³-hybridized carbons (Fsp3) is 0.350. The number of halogens is 2. The Morgan fingerprint density at radius 1 is 1.00 bits per heavy atom. The second kappa shape index (κ2) is 10.6. The van der Waals surface area contributed by atoms with E-state index >= 15 is 0 Å². The molecule has 0 fully saturated rings. The number of ether oxygens (including phenoxy) is 4. The first-order chi connectivity index (χ1) is 15.8. The second-order valence-electron chi connectivity index (χ2n) is 7.55. The molecule has 12 nitrogen and oxygen atoms in total. The average molecular weight is 516 g/mol. The molecule has 4 amide bonds. The number of imide groups is 1. The van der Waals surface area contributed by atoms with Crippen LogP contribution in [0.1, 0.15) is 20.8 Å². The number of carbonyl (C=O) groups is 3. The van der Waals surface area contributed by atoms with E-state index in [9.17, 15) is 14.4 Å². The van der Waals surface area contributed by atoms with Gasteiger partial charge in [-0.3, -0.25) is 4.90 Å². The van der Waals surface area contributed by atoms with Crippen molar-refractivity contribution in [2.24, 2.45) is 5.73 Å². The predicted octanol–water partition coefficient (Wildman–Crippen LogP) is 4.26. The van der Waals surface area contributed by atoms with Crippen LogP contribution >= 0.6 is 23.2 Å². The summed E-state index contributed by atoms with van der Waals surface area (Å²) in [7, 11) is 3.98. The molecule has 184 valence electrons. The minimum atomic E-state index is -1.11. The van der Waals surface area contributed by atoms with E-state index in [1.807, 2.05) is 0 Å². The number of anilines is 2. The highest BCUT2D eigenvalue weighted by atomic mass is 35.5. The lowest BCUT2D eigenvalue weighted by atomic mass is 10.2. The molecular formula is C20H23Cl2N5O7. The summed E-state index contributed by atoms with van der Waals surface area (Å²) in [5.41, 5.74) is 3.78. The molecule has 0 saturated heterocycles. The van der Waals surface area contributed by atoms with Crippen LogP contribution in [0.25, 0.3) is 0 Å². The van der Waals surface area contributed by atoms with E-state index in [4.69, 9.17) is 47.9 Å². The van der Waals surface area contributed by atoms with Crippen LogP contribution in [-0.2, 0) is 4.74 Å². The molecule has 2 N–H and O–H groups in total. The molecule has 0 radical (unpaired) electrons. The van der Waals surface area contributed by atoms with Gasteiger partial charge in [0.1, 0.15) is 45.0 Å². The topological polar surface area (TPSA) is 146 Å².